The summed E-state index contributed by atoms with van der Waals surface area (Å²) in [6, 6.07) is 18.6. The van der Waals surface area contributed by atoms with Crippen LogP contribution in [0.2, 0.25) is 0 Å². The average molecular weight is 345 g/mol. The number of amides is 1. The van der Waals surface area contributed by atoms with Crippen molar-refractivity contribution in [2.24, 2.45) is 0 Å². The van der Waals surface area contributed by atoms with E-state index in [1.807, 2.05) is 30.0 Å². The highest BCUT2D eigenvalue weighted by Gasteiger charge is 2.32. The number of rotatable bonds is 4. The molecular formula is C22H23N3O. The fourth-order valence-electron chi connectivity index (χ4n) is 3.58. The molecule has 132 valence electrons. The van der Waals surface area contributed by atoms with Crippen LogP contribution in [0.3, 0.4) is 0 Å². The molecule has 2 aromatic carbocycles. The molecule has 1 unspecified atom stereocenters. The maximum Gasteiger partial charge on any atom is 0.223 e. The van der Waals surface area contributed by atoms with E-state index in [0.717, 1.165) is 22.8 Å². The molecule has 1 N–H and O–H groups in total. The van der Waals surface area contributed by atoms with E-state index < -0.39 is 0 Å². The van der Waals surface area contributed by atoms with Crippen molar-refractivity contribution in [3.05, 3.63) is 77.2 Å². The number of nitrogens with one attached hydrogen (secondary N) is 1. The molecule has 1 aromatic heterocycles. The Morgan fingerprint density at radius 2 is 1.81 bits per heavy atom. The Balaban J connectivity index is 1.51. The first-order valence-electron chi connectivity index (χ1n) is 9.05. The number of aromatic amines is 1. The standard InChI is InChI=1S/C22H23N3O/c1-15-8-10-17(11-9-15)13-25-14-19(12-20(25)26)22-23-16(2)21(24-22)18-6-4-3-5-7-18/h3-11,19H,12-14H2,1-2H3,(H,23,24). The van der Waals surface area contributed by atoms with E-state index in [2.05, 4.69) is 48.3 Å². The number of carbonyl (C=O) groups excluding carboxylic acids is 1. The van der Waals surface area contributed by atoms with Crippen LogP contribution in [-0.2, 0) is 11.3 Å². The van der Waals surface area contributed by atoms with Crippen LogP contribution >= 0.6 is 0 Å². The maximum atomic E-state index is 12.5. The van der Waals surface area contributed by atoms with Crippen LogP contribution < -0.4 is 0 Å². The molecule has 0 saturated carbocycles. The number of aryl methyl sites for hydroxylation is 2. The van der Waals surface area contributed by atoms with Crippen LogP contribution in [0.4, 0.5) is 0 Å². The van der Waals surface area contributed by atoms with E-state index in [-0.39, 0.29) is 11.8 Å². The second-order valence-electron chi connectivity index (χ2n) is 7.12. The number of benzene rings is 2. The van der Waals surface area contributed by atoms with E-state index in [1.165, 1.54) is 11.1 Å². The number of nitrogens with zero attached hydrogens (tertiary/aromatic N) is 2. The summed E-state index contributed by atoms with van der Waals surface area (Å²) in [5, 5.41) is 0. The van der Waals surface area contributed by atoms with Gasteiger partial charge >= 0.3 is 0 Å². The highest BCUT2D eigenvalue weighted by Crippen LogP contribution is 2.30. The lowest BCUT2D eigenvalue weighted by Crippen LogP contribution is -2.24. The van der Waals surface area contributed by atoms with Gasteiger partial charge in [-0.25, -0.2) is 4.98 Å². The second kappa shape index (κ2) is 6.79. The summed E-state index contributed by atoms with van der Waals surface area (Å²) >= 11 is 0. The van der Waals surface area contributed by atoms with Crippen LogP contribution in [0.25, 0.3) is 11.3 Å². The minimum absolute atomic E-state index is 0.129. The lowest BCUT2D eigenvalue weighted by molar-refractivity contribution is -0.128. The average Bonchev–Trinajstić information content (AvgIpc) is 3.21. The van der Waals surface area contributed by atoms with Gasteiger partial charge in [0.1, 0.15) is 5.82 Å². The summed E-state index contributed by atoms with van der Waals surface area (Å²) in [5.41, 5.74) is 5.54. The minimum Gasteiger partial charge on any atom is -0.345 e. The van der Waals surface area contributed by atoms with E-state index >= 15 is 0 Å². The second-order valence-corrected chi connectivity index (χ2v) is 7.12. The molecule has 0 bridgehead atoms. The number of hydrogen-bond donors (Lipinski definition) is 1. The molecule has 4 nitrogen and oxygen atoms in total. The van der Waals surface area contributed by atoms with Gasteiger partial charge in [-0.3, -0.25) is 4.79 Å². The van der Waals surface area contributed by atoms with Gasteiger partial charge in [-0.15, -0.1) is 0 Å². The van der Waals surface area contributed by atoms with Crippen molar-refractivity contribution in [3.63, 3.8) is 0 Å². The Morgan fingerprint density at radius 3 is 2.54 bits per heavy atom. The largest absolute Gasteiger partial charge is 0.345 e. The first-order chi connectivity index (χ1) is 12.6. The van der Waals surface area contributed by atoms with Gasteiger partial charge in [-0.05, 0) is 19.4 Å². The first-order valence-corrected chi connectivity index (χ1v) is 9.05. The molecule has 1 amide bonds. The molecule has 4 heteroatoms. The number of imidazole rings is 1. The highest BCUT2D eigenvalue weighted by molar-refractivity contribution is 5.79. The molecule has 1 aliphatic rings. The van der Waals surface area contributed by atoms with Crippen LogP contribution in [0.5, 0.6) is 0 Å². The molecule has 0 radical (unpaired) electrons. The molecule has 1 atom stereocenters. The Morgan fingerprint density at radius 1 is 1.08 bits per heavy atom. The van der Waals surface area contributed by atoms with Crippen molar-refractivity contribution in [3.8, 4) is 11.3 Å². The fourth-order valence-corrected chi connectivity index (χ4v) is 3.58. The lowest BCUT2D eigenvalue weighted by Gasteiger charge is -2.16. The predicted molar refractivity (Wildman–Crippen MR) is 103 cm³/mol. The summed E-state index contributed by atoms with van der Waals surface area (Å²) in [5.74, 6) is 1.25. The minimum atomic E-state index is 0.129. The molecule has 4 rings (SSSR count). The number of likely N-dealkylation sites (tertiary alicyclic amines) is 1. The van der Waals surface area contributed by atoms with Gasteiger partial charge in [0, 0.05) is 36.7 Å². The number of H-pyrrole nitrogens is 1. The zero-order valence-electron chi connectivity index (χ0n) is 15.2. The van der Waals surface area contributed by atoms with Crippen molar-refractivity contribution < 1.29 is 4.79 Å². The normalized spacial score (nSPS) is 17.1. The zero-order chi connectivity index (χ0) is 18.1. The van der Waals surface area contributed by atoms with Gasteiger partial charge in [0.2, 0.25) is 5.91 Å². The monoisotopic (exact) mass is 345 g/mol. The lowest BCUT2D eigenvalue weighted by atomic mass is 10.1. The molecule has 1 aliphatic heterocycles. The summed E-state index contributed by atoms with van der Waals surface area (Å²) in [7, 11) is 0. The first kappa shape index (κ1) is 16.6. The topological polar surface area (TPSA) is 49.0 Å². The molecule has 1 fully saturated rings. The van der Waals surface area contributed by atoms with Gasteiger partial charge in [0.05, 0.1) is 5.69 Å². The Hall–Kier alpha value is -2.88. The quantitative estimate of drug-likeness (QED) is 0.770. The van der Waals surface area contributed by atoms with Crippen LogP contribution in [-0.4, -0.2) is 27.3 Å². The van der Waals surface area contributed by atoms with E-state index in [9.17, 15) is 4.79 Å². The molecule has 0 spiro atoms. The fraction of sp³-hybridized carbons (Fsp3) is 0.273. The third-order valence-electron chi connectivity index (χ3n) is 5.05. The summed E-state index contributed by atoms with van der Waals surface area (Å²) in [6.07, 6.45) is 0.521. The van der Waals surface area contributed by atoms with Crippen molar-refractivity contribution in [1.29, 1.82) is 0 Å². The zero-order valence-corrected chi connectivity index (χ0v) is 15.2. The van der Waals surface area contributed by atoms with E-state index in [4.69, 9.17) is 4.98 Å². The van der Waals surface area contributed by atoms with Crippen molar-refractivity contribution >= 4 is 5.91 Å². The van der Waals surface area contributed by atoms with Crippen molar-refractivity contribution in [2.75, 3.05) is 6.54 Å². The summed E-state index contributed by atoms with van der Waals surface area (Å²) in [6.45, 7) is 5.50. The van der Waals surface area contributed by atoms with Crippen LogP contribution in [0.15, 0.2) is 54.6 Å². The van der Waals surface area contributed by atoms with Crippen molar-refractivity contribution in [1.82, 2.24) is 14.9 Å². The molecule has 26 heavy (non-hydrogen) atoms. The molecule has 1 saturated heterocycles. The SMILES string of the molecule is Cc1ccc(CN2CC(c3nc(-c4ccccc4)c(C)[nH]3)CC2=O)cc1. The molecule has 2 heterocycles. The Labute approximate surface area is 153 Å². The third kappa shape index (κ3) is 3.27. The molecular weight excluding hydrogens is 322 g/mol. The summed E-state index contributed by atoms with van der Waals surface area (Å²) in [4.78, 5) is 22.6. The smallest absolute Gasteiger partial charge is 0.223 e. The van der Waals surface area contributed by atoms with Gasteiger partial charge in [0.25, 0.3) is 0 Å². The highest BCUT2D eigenvalue weighted by atomic mass is 16.2. The van der Waals surface area contributed by atoms with Gasteiger partial charge in [0.15, 0.2) is 0 Å². The summed E-state index contributed by atoms with van der Waals surface area (Å²) < 4.78 is 0. The molecule has 3 aromatic rings. The van der Waals surface area contributed by atoms with Gasteiger partial charge in [-0.2, -0.15) is 0 Å². The Kier molecular flexibility index (Phi) is 4.33. The van der Waals surface area contributed by atoms with Crippen molar-refractivity contribution in [2.45, 2.75) is 32.7 Å². The maximum absolute atomic E-state index is 12.5. The number of hydrogen-bond acceptors (Lipinski definition) is 2. The third-order valence-corrected chi connectivity index (χ3v) is 5.05. The Bertz CT molecular complexity index is 912. The van der Waals surface area contributed by atoms with Crippen LogP contribution in [0.1, 0.15) is 35.0 Å². The van der Waals surface area contributed by atoms with Gasteiger partial charge in [-0.1, -0.05) is 60.2 Å². The predicted octanol–water partition coefficient (Wildman–Crippen LogP) is 4.21. The number of aromatic nitrogens is 2. The van der Waals surface area contributed by atoms with E-state index in [1.54, 1.807) is 0 Å². The van der Waals surface area contributed by atoms with Crippen LogP contribution in [0, 0.1) is 13.8 Å². The van der Waals surface area contributed by atoms with Gasteiger partial charge < -0.3 is 9.88 Å². The molecule has 0 aliphatic carbocycles. The van der Waals surface area contributed by atoms with E-state index in [0.29, 0.717) is 19.5 Å². The number of carbonyl (C=O) groups is 1.